The molecular weight excluding hydrogens is 302 g/mol. The fraction of sp³-hybridized carbons (Fsp3) is 0.176. The number of hydrogen-bond acceptors (Lipinski definition) is 3. The summed E-state index contributed by atoms with van der Waals surface area (Å²) in [5.41, 5.74) is 1.79. The average molecular weight is 316 g/mol. The number of aryl methyl sites for hydroxylation is 1. The zero-order valence-electron chi connectivity index (χ0n) is 11.9. The molecule has 0 radical (unpaired) electrons. The van der Waals surface area contributed by atoms with Crippen LogP contribution in [0, 0.1) is 6.92 Å². The lowest BCUT2D eigenvalue weighted by Crippen LogP contribution is -2.68. The van der Waals surface area contributed by atoms with Crippen LogP contribution in [0.1, 0.15) is 5.56 Å². The maximum Gasteiger partial charge on any atom is 0.271 e. The van der Waals surface area contributed by atoms with Crippen molar-refractivity contribution >= 4 is 29.5 Å². The lowest BCUT2D eigenvalue weighted by Gasteiger charge is -2.43. The fourth-order valence-electron chi connectivity index (χ4n) is 2.40. The van der Waals surface area contributed by atoms with Crippen LogP contribution >= 0.6 is 11.6 Å². The number of carbonyl (C=O) groups excluding carboxylic acids is 2. The molecule has 0 N–H and O–H groups in total. The van der Waals surface area contributed by atoms with E-state index in [1.807, 2.05) is 31.2 Å². The summed E-state index contributed by atoms with van der Waals surface area (Å²) in [6.45, 7) is 1.96. The predicted molar refractivity (Wildman–Crippen MR) is 84.4 cm³/mol. The largest absolute Gasteiger partial charge is 0.478 e. The molecule has 0 aliphatic carbocycles. The Morgan fingerprint density at radius 3 is 2.32 bits per heavy atom. The number of carbonyl (C=O) groups is 2. The molecule has 2 aromatic rings. The SMILES string of the molecule is Cc1ccc(N2C(=O)[C@H](Oc3ccc(Cl)cc3)[C@@H]2C=O)cc1. The molecule has 0 aromatic heterocycles. The van der Waals surface area contributed by atoms with Gasteiger partial charge in [-0.05, 0) is 43.3 Å². The number of aldehydes is 1. The van der Waals surface area contributed by atoms with Gasteiger partial charge in [-0.1, -0.05) is 29.3 Å². The Kier molecular flexibility index (Phi) is 3.86. The highest BCUT2D eigenvalue weighted by atomic mass is 35.5. The molecule has 1 heterocycles. The lowest BCUT2D eigenvalue weighted by molar-refractivity contribution is -0.138. The summed E-state index contributed by atoms with van der Waals surface area (Å²) in [5, 5.41) is 0.584. The van der Waals surface area contributed by atoms with Gasteiger partial charge in [0.05, 0.1) is 0 Å². The van der Waals surface area contributed by atoms with Gasteiger partial charge in [0.15, 0.2) is 0 Å². The zero-order chi connectivity index (χ0) is 15.7. The first-order valence-electron chi connectivity index (χ1n) is 6.87. The van der Waals surface area contributed by atoms with E-state index in [0.29, 0.717) is 16.5 Å². The number of hydrogen-bond donors (Lipinski definition) is 0. The molecule has 22 heavy (non-hydrogen) atoms. The molecule has 1 saturated heterocycles. The third kappa shape index (κ3) is 2.57. The number of anilines is 1. The van der Waals surface area contributed by atoms with Gasteiger partial charge in [0.25, 0.3) is 5.91 Å². The maximum absolute atomic E-state index is 12.3. The molecule has 1 amide bonds. The summed E-state index contributed by atoms with van der Waals surface area (Å²) in [6.07, 6.45) is -0.0537. The van der Waals surface area contributed by atoms with Gasteiger partial charge in [0.2, 0.25) is 6.10 Å². The molecule has 5 heteroatoms. The van der Waals surface area contributed by atoms with E-state index in [0.717, 1.165) is 11.8 Å². The monoisotopic (exact) mass is 315 g/mol. The van der Waals surface area contributed by atoms with E-state index in [1.165, 1.54) is 4.90 Å². The number of halogens is 1. The Hall–Kier alpha value is -2.33. The summed E-state index contributed by atoms with van der Waals surface area (Å²) < 4.78 is 5.62. The highest BCUT2D eigenvalue weighted by molar-refractivity contribution is 6.30. The van der Waals surface area contributed by atoms with E-state index in [4.69, 9.17) is 16.3 Å². The van der Waals surface area contributed by atoms with E-state index in [9.17, 15) is 9.59 Å². The Bertz CT molecular complexity index is 697. The van der Waals surface area contributed by atoms with Crippen LogP contribution in [-0.2, 0) is 9.59 Å². The number of amides is 1. The molecule has 112 valence electrons. The lowest BCUT2D eigenvalue weighted by atomic mass is 9.97. The van der Waals surface area contributed by atoms with Crippen molar-refractivity contribution < 1.29 is 14.3 Å². The van der Waals surface area contributed by atoms with Crippen molar-refractivity contribution in [1.82, 2.24) is 0 Å². The van der Waals surface area contributed by atoms with Gasteiger partial charge in [-0.25, -0.2) is 0 Å². The van der Waals surface area contributed by atoms with Gasteiger partial charge < -0.3 is 9.53 Å². The van der Waals surface area contributed by atoms with Crippen molar-refractivity contribution in [3.8, 4) is 5.75 Å². The van der Waals surface area contributed by atoms with Crippen LogP contribution in [0.3, 0.4) is 0 Å². The van der Waals surface area contributed by atoms with Crippen LogP contribution in [0.4, 0.5) is 5.69 Å². The van der Waals surface area contributed by atoms with Gasteiger partial charge >= 0.3 is 0 Å². The Morgan fingerprint density at radius 2 is 1.73 bits per heavy atom. The van der Waals surface area contributed by atoms with Gasteiger partial charge in [0.1, 0.15) is 18.1 Å². The number of rotatable bonds is 4. The van der Waals surface area contributed by atoms with Crippen LogP contribution in [-0.4, -0.2) is 24.3 Å². The minimum atomic E-state index is -0.792. The van der Waals surface area contributed by atoms with Crippen molar-refractivity contribution in [1.29, 1.82) is 0 Å². The molecule has 0 spiro atoms. The summed E-state index contributed by atoms with van der Waals surface area (Å²) in [5.74, 6) is 0.286. The van der Waals surface area contributed by atoms with Crippen molar-refractivity contribution in [2.45, 2.75) is 19.1 Å². The number of ether oxygens (including phenoxy) is 1. The Balaban J connectivity index is 1.78. The standard InChI is InChI=1S/C17H14ClNO3/c1-11-2-6-13(7-3-11)19-15(10-20)16(17(19)21)22-14-8-4-12(18)5-9-14/h2-10,15-16H,1H3/t15-,16+/m0/s1. The normalized spacial score (nSPS) is 20.5. The first kappa shape index (κ1) is 14.6. The van der Waals surface area contributed by atoms with Crippen LogP contribution in [0.5, 0.6) is 5.75 Å². The molecule has 1 fully saturated rings. The van der Waals surface area contributed by atoms with Crippen molar-refractivity contribution in [3.05, 3.63) is 59.1 Å². The van der Waals surface area contributed by atoms with Gasteiger partial charge in [-0.2, -0.15) is 0 Å². The number of benzene rings is 2. The molecule has 4 nitrogen and oxygen atoms in total. The van der Waals surface area contributed by atoms with Crippen molar-refractivity contribution in [2.75, 3.05) is 4.90 Å². The van der Waals surface area contributed by atoms with Crippen molar-refractivity contribution in [3.63, 3.8) is 0 Å². The molecule has 1 aliphatic heterocycles. The first-order valence-corrected chi connectivity index (χ1v) is 7.25. The third-order valence-electron chi connectivity index (χ3n) is 3.62. The minimum Gasteiger partial charge on any atom is -0.478 e. The molecule has 0 bridgehead atoms. The Morgan fingerprint density at radius 1 is 1.09 bits per heavy atom. The molecule has 1 aliphatic rings. The van der Waals surface area contributed by atoms with Crippen LogP contribution in [0.2, 0.25) is 5.02 Å². The second kappa shape index (κ2) is 5.81. The van der Waals surface area contributed by atoms with Crippen molar-refractivity contribution in [2.24, 2.45) is 0 Å². The third-order valence-corrected chi connectivity index (χ3v) is 3.87. The quantitative estimate of drug-likeness (QED) is 0.643. The average Bonchev–Trinajstić information content (AvgIpc) is 2.53. The molecule has 3 rings (SSSR count). The van der Waals surface area contributed by atoms with E-state index in [2.05, 4.69) is 0 Å². The van der Waals surface area contributed by atoms with Crippen LogP contribution in [0.25, 0.3) is 0 Å². The smallest absolute Gasteiger partial charge is 0.271 e. The van der Waals surface area contributed by atoms with Crippen LogP contribution in [0.15, 0.2) is 48.5 Å². The predicted octanol–water partition coefficient (Wildman–Crippen LogP) is 3.01. The van der Waals surface area contributed by atoms with Gasteiger partial charge in [-0.3, -0.25) is 9.69 Å². The summed E-state index contributed by atoms with van der Waals surface area (Å²) in [6, 6.07) is 13.5. The Labute approximate surface area is 133 Å². The van der Waals surface area contributed by atoms with E-state index in [1.54, 1.807) is 24.3 Å². The van der Waals surface area contributed by atoms with Gasteiger partial charge in [0, 0.05) is 10.7 Å². The summed E-state index contributed by atoms with van der Waals surface area (Å²) in [7, 11) is 0. The molecule has 0 unspecified atom stereocenters. The van der Waals surface area contributed by atoms with E-state index < -0.39 is 12.1 Å². The molecule has 2 atom stereocenters. The zero-order valence-corrected chi connectivity index (χ0v) is 12.7. The summed E-state index contributed by atoms with van der Waals surface area (Å²) in [4.78, 5) is 25.1. The van der Waals surface area contributed by atoms with E-state index in [-0.39, 0.29) is 5.91 Å². The second-order valence-corrected chi connectivity index (χ2v) is 5.60. The first-order chi connectivity index (χ1) is 10.6. The number of nitrogens with zero attached hydrogens (tertiary/aromatic N) is 1. The summed E-state index contributed by atoms with van der Waals surface area (Å²) >= 11 is 5.81. The minimum absolute atomic E-state index is 0.226. The molecular formula is C17H14ClNO3. The fourth-order valence-corrected chi connectivity index (χ4v) is 2.53. The maximum atomic E-state index is 12.3. The second-order valence-electron chi connectivity index (χ2n) is 5.16. The molecule has 2 aromatic carbocycles. The topological polar surface area (TPSA) is 46.6 Å². The van der Waals surface area contributed by atoms with Gasteiger partial charge in [-0.15, -0.1) is 0 Å². The highest BCUT2D eigenvalue weighted by Gasteiger charge is 2.50. The van der Waals surface area contributed by atoms with E-state index >= 15 is 0 Å². The number of β-lactam (4-membered cyclic amide) rings is 1. The highest BCUT2D eigenvalue weighted by Crippen LogP contribution is 2.30. The molecule has 0 saturated carbocycles. The van der Waals surface area contributed by atoms with Crippen LogP contribution < -0.4 is 9.64 Å².